The second-order valence-corrected chi connectivity index (χ2v) is 9.75. The number of thioether (sulfide) groups is 1. The quantitative estimate of drug-likeness (QED) is 0.401. The monoisotopic (exact) mass is 494 g/mol. The minimum Gasteiger partial charge on any atom is -0.352 e. The lowest BCUT2D eigenvalue weighted by molar-refractivity contribution is -0.139. The normalized spacial score (nSPS) is 12.8. The van der Waals surface area contributed by atoms with E-state index in [1.165, 1.54) is 11.8 Å². The van der Waals surface area contributed by atoms with Crippen molar-refractivity contribution in [3.8, 4) is 0 Å². The number of rotatable bonds is 11. The van der Waals surface area contributed by atoms with Crippen molar-refractivity contribution >= 4 is 46.8 Å². The van der Waals surface area contributed by atoms with Crippen molar-refractivity contribution in [2.75, 3.05) is 5.75 Å². The van der Waals surface area contributed by atoms with Crippen LogP contribution in [-0.4, -0.2) is 34.6 Å². The van der Waals surface area contributed by atoms with Crippen LogP contribution >= 0.6 is 35.0 Å². The lowest BCUT2D eigenvalue weighted by atomic mass is 10.1. The first-order chi connectivity index (χ1) is 15.3. The predicted molar refractivity (Wildman–Crippen MR) is 136 cm³/mol. The molecule has 0 heterocycles. The topological polar surface area (TPSA) is 49.4 Å². The number of halogens is 2. The molecule has 0 aliphatic heterocycles. The number of nitrogens with one attached hydrogen (secondary N) is 1. The molecular weight excluding hydrogens is 463 g/mol. The average molecular weight is 496 g/mol. The molecule has 2 aromatic carbocycles. The lowest BCUT2D eigenvalue weighted by Crippen LogP contribution is -2.51. The van der Waals surface area contributed by atoms with Gasteiger partial charge in [-0.05, 0) is 55.5 Å². The van der Waals surface area contributed by atoms with E-state index in [0.29, 0.717) is 28.8 Å². The number of amides is 2. The number of hydrogen-bond acceptors (Lipinski definition) is 3. The molecule has 0 aromatic heterocycles. The summed E-state index contributed by atoms with van der Waals surface area (Å²) in [5, 5.41) is 4.22. The molecule has 0 fully saturated rings. The van der Waals surface area contributed by atoms with E-state index >= 15 is 0 Å². The molecule has 2 unspecified atom stereocenters. The number of carbonyl (C=O) groups is 2. The van der Waals surface area contributed by atoms with Gasteiger partial charge >= 0.3 is 0 Å². The van der Waals surface area contributed by atoms with Gasteiger partial charge in [-0.15, -0.1) is 11.8 Å². The van der Waals surface area contributed by atoms with Gasteiger partial charge in [-0.25, -0.2) is 0 Å². The van der Waals surface area contributed by atoms with Crippen molar-refractivity contribution in [1.82, 2.24) is 10.2 Å². The zero-order chi connectivity index (χ0) is 23.7. The van der Waals surface area contributed by atoms with Crippen LogP contribution in [0.5, 0.6) is 0 Å². The zero-order valence-electron chi connectivity index (χ0n) is 19.2. The van der Waals surface area contributed by atoms with E-state index in [1.807, 2.05) is 58.0 Å². The highest BCUT2D eigenvalue weighted by molar-refractivity contribution is 7.99. The molecule has 0 saturated heterocycles. The first-order valence-corrected chi connectivity index (χ1v) is 12.8. The Morgan fingerprint density at radius 3 is 2.41 bits per heavy atom. The number of benzene rings is 2. The number of hydrogen-bond donors (Lipinski definition) is 1. The van der Waals surface area contributed by atoms with Crippen molar-refractivity contribution in [2.24, 2.45) is 0 Å². The fourth-order valence-electron chi connectivity index (χ4n) is 3.30. The molecule has 0 radical (unpaired) electrons. The Morgan fingerprint density at radius 1 is 1.06 bits per heavy atom. The van der Waals surface area contributed by atoms with E-state index in [9.17, 15) is 9.59 Å². The number of aryl methyl sites for hydroxylation is 1. The minimum atomic E-state index is -0.518. The van der Waals surface area contributed by atoms with Gasteiger partial charge in [-0.2, -0.15) is 0 Å². The molecule has 2 atom stereocenters. The van der Waals surface area contributed by atoms with Crippen LogP contribution in [0, 0.1) is 6.92 Å². The first kappa shape index (κ1) is 26.6. The van der Waals surface area contributed by atoms with Crippen LogP contribution in [0.15, 0.2) is 42.5 Å². The summed E-state index contributed by atoms with van der Waals surface area (Å²) in [7, 11) is 0. The molecule has 2 aromatic rings. The summed E-state index contributed by atoms with van der Waals surface area (Å²) in [5.41, 5.74) is 3.07. The van der Waals surface area contributed by atoms with Gasteiger partial charge < -0.3 is 10.2 Å². The molecule has 7 heteroatoms. The molecule has 0 aliphatic carbocycles. The van der Waals surface area contributed by atoms with E-state index in [4.69, 9.17) is 23.2 Å². The zero-order valence-corrected chi connectivity index (χ0v) is 21.5. The third-order valence-electron chi connectivity index (χ3n) is 5.49. The summed E-state index contributed by atoms with van der Waals surface area (Å²) in [6.07, 6.45) is 1.39. The second-order valence-electron chi connectivity index (χ2n) is 7.92. The fourth-order valence-corrected chi connectivity index (χ4v) is 4.77. The standard InChI is InChI=1S/C25H32Cl2N2O2S/c1-5-18(4)28-25(31)23(6-2)29(14-19-10-8-7-9-17(19)3)24(30)16-32-15-20-11-12-21(26)13-22(20)27/h7-13,18,23H,5-6,14-16H2,1-4H3,(H,28,31). The molecule has 4 nitrogen and oxygen atoms in total. The Labute approximate surface area is 206 Å². The van der Waals surface area contributed by atoms with Crippen LogP contribution in [-0.2, 0) is 21.9 Å². The highest BCUT2D eigenvalue weighted by Crippen LogP contribution is 2.25. The summed E-state index contributed by atoms with van der Waals surface area (Å²) in [6.45, 7) is 8.37. The van der Waals surface area contributed by atoms with Gasteiger partial charge in [0.25, 0.3) is 0 Å². The van der Waals surface area contributed by atoms with Gasteiger partial charge in [0, 0.05) is 28.4 Å². The van der Waals surface area contributed by atoms with Crippen molar-refractivity contribution in [2.45, 2.75) is 64.9 Å². The lowest BCUT2D eigenvalue weighted by Gasteiger charge is -2.32. The Kier molecular flexibility index (Phi) is 10.9. The van der Waals surface area contributed by atoms with Crippen molar-refractivity contribution < 1.29 is 9.59 Å². The molecule has 1 N–H and O–H groups in total. The molecular formula is C25H32Cl2N2O2S. The molecule has 0 spiro atoms. The van der Waals surface area contributed by atoms with Crippen molar-refractivity contribution in [3.05, 3.63) is 69.2 Å². The maximum absolute atomic E-state index is 13.3. The van der Waals surface area contributed by atoms with Gasteiger partial charge in [0.15, 0.2) is 0 Å². The smallest absolute Gasteiger partial charge is 0.243 e. The molecule has 0 bridgehead atoms. The van der Waals surface area contributed by atoms with E-state index in [2.05, 4.69) is 5.32 Å². The van der Waals surface area contributed by atoms with Crippen LogP contribution in [0.2, 0.25) is 10.0 Å². The molecule has 2 rings (SSSR count). The molecule has 174 valence electrons. The maximum Gasteiger partial charge on any atom is 0.243 e. The fraction of sp³-hybridized carbons (Fsp3) is 0.440. The first-order valence-electron chi connectivity index (χ1n) is 10.9. The van der Waals surface area contributed by atoms with Gasteiger partial charge in [0.2, 0.25) is 11.8 Å². The number of carbonyl (C=O) groups excluding carboxylic acids is 2. The van der Waals surface area contributed by atoms with Gasteiger partial charge in [0.05, 0.1) is 5.75 Å². The Bertz CT molecular complexity index is 923. The Balaban J connectivity index is 2.17. The van der Waals surface area contributed by atoms with E-state index < -0.39 is 6.04 Å². The molecule has 0 aliphatic rings. The highest BCUT2D eigenvalue weighted by atomic mass is 35.5. The predicted octanol–water partition coefficient (Wildman–Crippen LogP) is 6.26. The Morgan fingerprint density at radius 2 is 1.78 bits per heavy atom. The molecule has 32 heavy (non-hydrogen) atoms. The van der Waals surface area contributed by atoms with Crippen LogP contribution in [0.1, 0.15) is 50.3 Å². The largest absolute Gasteiger partial charge is 0.352 e. The summed E-state index contributed by atoms with van der Waals surface area (Å²) in [5.74, 6) is 0.692. The van der Waals surface area contributed by atoms with Crippen LogP contribution in [0.25, 0.3) is 0 Å². The molecule has 2 amide bonds. The summed E-state index contributed by atoms with van der Waals surface area (Å²) < 4.78 is 0. The van der Waals surface area contributed by atoms with Gasteiger partial charge in [-0.1, -0.05) is 67.4 Å². The summed E-state index contributed by atoms with van der Waals surface area (Å²) >= 11 is 13.7. The summed E-state index contributed by atoms with van der Waals surface area (Å²) in [6, 6.07) is 12.9. The van der Waals surface area contributed by atoms with Crippen LogP contribution in [0.3, 0.4) is 0 Å². The van der Waals surface area contributed by atoms with E-state index in [1.54, 1.807) is 17.0 Å². The SMILES string of the molecule is CCC(C)NC(=O)C(CC)N(Cc1ccccc1C)C(=O)CSCc1ccc(Cl)cc1Cl. The summed E-state index contributed by atoms with van der Waals surface area (Å²) in [4.78, 5) is 28.0. The van der Waals surface area contributed by atoms with Crippen LogP contribution < -0.4 is 5.32 Å². The van der Waals surface area contributed by atoms with Crippen molar-refractivity contribution in [1.29, 1.82) is 0 Å². The van der Waals surface area contributed by atoms with Gasteiger partial charge in [-0.3, -0.25) is 9.59 Å². The molecule has 0 saturated carbocycles. The van der Waals surface area contributed by atoms with Crippen LogP contribution in [0.4, 0.5) is 0 Å². The minimum absolute atomic E-state index is 0.0607. The number of nitrogens with zero attached hydrogens (tertiary/aromatic N) is 1. The maximum atomic E-state index is 13.3. The third kappa shape index (κ3) is 7.72. The van der Waals surface area contributed by atoms with Crippen molar-refractivity contribution in [3.63, 3.8) is 0 Å². The van der Waals surface area contributed by atoms with Gasteiger partial charge in [0.1, 0.15) is 6.04 Å². The highest BCUT2D eigenvalue weighted by Gasteiger charge is 2.29. The van der Waals surface area contributed by atoms with E-state index in [-0.39, 0.29) is 23.6 Å². The average Bonchev–Trinajstić information content (AvgIpc) is 2.76. The second kappa shape index (κ2) is 13.1. The third-order valence-corrected chi connectivity index (χ3v) is 7.04. The van der Waals surface area contributed by atoms with E-state index in [0.717, 1.165) is 23.1 Å². The Hall–Kier alpha value is -1.69.